The molecule has 0 spiro atoms. The highest BCUT2D eigenvalue weighted by Crippen LogP contribution is 2.15. The van der Waals surface area contributed by atoms with E-state index in [-0.39, 0.29) is 6.03 Å². The second-order valence-electron chi connectivity index (χ2n) is 4.89. The highest BCUT2D eigenvalue weighted by atomic mass is 32.1. The van der Waals surface area contributed by atoms with Gasteiger partial charge in [0.1, 0.15) is 0 Å². The van der Waals surface area contributed by atoms with Gasteiger partial charge in [-0.25, -0.2) is 9.78 Å². The van der Waals surface area contributed by atoms with Crippen LogP contribution in [0.25, 0.3) is 0 Å². The zero-order chi connectivity index (χ0) is 14.5. The normalized spacial score (nSPS) is 10.3. The number of benzene rings is 1. The first-order chi connectivity index (χ1) is 9.56. The van der Waals surface area contributed by atoms with Crippen molar-refractivity contribution in [3.63, 3.8) is 0 Å². The van der Waals surface area contributed by atoms with Gasteiger partial charge in [-0.15, -0.1) is 11.3 Å². The lowest BCUT2D eigenvalue weighted by molar-refractivity contribution is 0.240. The largest absolute Gasteiger partial charge is 0.334 e. The zero-order valence-electron chi connectivity index (χ0n) is 12.0. The van der Waals surface area contributed by atoms with Gasteiger partial charge < -0.3 is 10.6 Å². The second kappa shape index (κ2) is 6.52. The number of hydrogen-bond donors (Lipinski definition) is 2. The van der Waals surface area contributed by atoms with Gasteiger partial charge in [-0.3, -0.25) is 0 Å². The van der Waals surface area contributed by atoms with Crippen molar-refractivity contribution in [2.45, 2.75) is 33.9 Å². The van der Waals surface area contributed by atoms with E-state index in [2.05, 4.69) is 48.5 Å². The fraction of sp³-hybridized carbons (Fsp3) is 0.333. The summed E-state index contributed by atoms with van der Waals surface area (Å²) in [5, 5.41) is 7.61. The number of hydrogen-bond acceptors (Lipinski definition) is 3. The van der Waals surface area contributed by atoms with Crippen molar-refractivity contribution in [1.29, 1.82) is 0 Å². The monoisotopic (exact) mass is 289 g/mol. The molecule has 0 atom stereocenters. The van der Waals surface area contributed by atoms with E-state index in [1.807, 2.05) is 5.38 Å². The minimum absolute atomic E-state index is 0.169. The molecule has 0 fully saturated rings. The van der Waals surface area contributed by atoms with E-state index in [0.29, 0.717) is 13.1 Å². The molecule has 20 heavy (non-hydrogen) atoms. The number of thiazole rings is 1. The molecular formula is C15H19N3OS. The van der Waals surface area contributed by atoms with Gasteiger partial charge in [0.25, 0.3) is 0 Å². The molecule has 0 radical (unpaired) electrons. The van der Waals surface area contributed by atoms with Crippen LogP contribution in [0, 0.1) is 20.8 Å². The van der Waals surface area contributed by atoms with Crippen molar-refractivity contribution in [1.82, 2.24) is 15.6 Å². The fourth-order valence-corrected chi connectivity index (χ4v) is 2.77. The molecule has 2 N–H and O–H groups in total. The summed E-state index contributed by atoms with van der Waals surface area (Å²) >= 11 is 1.52. The first-order valence-corrected chi connectivity index (χ1v) is 7.46. The predicted octanol–water partition coefficient (Wildman–Crippen LogP) is 3.07. The molecule has 1 heterocycles. The molecule has 0 aliphatic carbocycles. The average Bonchev–Trinajstić information content (AvgIpc) is 2.88. The van der Waals surface area contributed by atoms with E-state index in [4.69, 9.17) is 0 Å². The lowest BCUT2D eigenvalue weighted by Crippen LogP contribution is -2.35. The van der Waals surface area contributed by atoms with Gasteiger partial charge in [0.2, 0.25) is 0 Å². The Balaban J connectivity index is 1.87. The van der Waals surface area contributed by atoms with E-state index in [1.165, 1.54) is 33.6 Å². The zero-order valence-corrected chi connectivity index (χ0v) is 12.8. The van der Waals surface area contributed by atoms with Crippen LogP contribution in [-0.4, -0.2) is 11.0 Å². The minimum atomic E-state index is -0.169. The summed E-state index contributed by atoms with van der Waals surface area (Å²) in [6.45, 7) is 7.23. The van der Waals surface area contributed by atoms with Gasteiger partial charge in [-0.2, -0.15) is 0 Å². The van der Waals surface area contributed by atoms with Crippen molar-refractivity contribution < 1.29 is 4.79 Å². The van der Waals surface area contributed by atoms with E-state index in [1.54, 1.807) is 5.51 Å². The van der Waals surface area contributed by atoms with Crippen LogP contribution < -0.4 is 10.6 Å². The lowest BCUT2D eigenvalue weighted by Gasteiger charge is -2.12. The molecule has 1 aromatic carbocycles. The van der Waals surface area contributed by atoms with Gasteiger partial charge in [-0.05, 0) is 37.5 Å². The molecule has 5 heteroatoms. The Bertz CT molecular complexity index is 570. The lowest BCUT2D eigenvalue weighted by atomic mass is 10.00. The van der Waals surface area contributed by atoms with E-state index in [9.17, 15) is 4.79 Å². The van der Waals surface area contributed by atoms with Gasteiger partial charge in [0.05, 0.1) is 17.7 Å². The molecule has 0 saturated heterocycles. The summed E-state index contributed by atoms with van der Waals surface area (Å²) in [6.07, 6.45) is 0. The van der Waals surface area contributed by atoms with Crippen LogP contribution >= 0.6 is 11.3 Å². The Morgan fingerprint density at radius 1 is 1.15 bits per heavy atom. The Morgan fingerprint density at radius 2 is 1.80 bits per heavy atom. The SMILES string of the molecule is Cc1cc(C)c(CNC(=O)NCc2cscn2)c(C)c1. The van der Waals surface area contributed by atoms with Crippen molar-refractivity contribution in [3.05, 3.63) is 51.0 Å². The summed E-state index contributed by atoms with van der Waals surface area (Å²) < 4.78 is 0. The predicted molar refractivity (Wildman–Crippen MR) is 81.8 cm³/mol. The number of nitrogens with one attached hydrogen (secondary N) is 2. The number of rotatable bonds is 4. The van der Waals surface area contributed by atoms with Crippen molar-refractivity contribution >= 4 is 17.4 Å². The number of carbonyl (C=O) groups is 1. The van der Waals surface area contributed by atoms with Gasteiger partial charge in [-0.1, -0.05) is 17.7 Å². The highest BCUT2D eigenvalue weighted by molar-refractivity contribution is 7.07. The second-order valence-corrected chi connectivity index (χ2v) is 5.61. The van der Waals surface area contributed by atoms with Crippen LogP contribution in [-0.2, 0) is 13.1 Å². The molecule has 2 rings (SSSR count). The van der Waals surface area contributed by atoms with E-state index in [0.717, 1.165) is 5.69 Å². The highest BCUT2D eigenvalue weighted by Gasteiger charge is 2.06. The number of amides is 2. The summed E-state index contributed by atoms with van der Waals surface area (Å²) in [6, 6.07) is 4.10. The van der Waals surface area contributed by atoms with Crippen LogP contribution in [0.15, 0.2) is 23.0 Å². The van der Waals surface area contributed by atoms with Crippen LogP contribution in [0.2, 0.25) is 0 Å². The van der Waals surface area contributed by atoms with E-state index >= 15 is 0 Å². The molecule has 0 bridgehead atoms. The van der Waals surface area contributed by atoms with Crippen LogP contribution in [0.1, 0.15) is 27.9 Å². The van der Waals surface area contributed by atoms with Crippen molar-refractivity contribution in [3.8, 4) is 0 Å². The molecule has 106 valence electrons. The summed E-state index contributed by atoms with van der Waals surface area (Å²) in [5.74, 6) is 0. The van der Waals surface area contributed by atoms with Crippen molar-refractivity contribution in [2.75, 3.05) is 0 Å². The molecule has 0 unspecified atom stereocenters. The Labute approximate surface area is 123 Å². The smallest absolute Gasteiger partial charge is 0.315 e. The molecule has 0 aliphatic rings. The Morgan fingerprint density at radius 3 is 2.40 bits per heavy atom. The molecule has 2 amide bonds. The Kier molecular flexibility index (Phi) is 4.74. The summed E-state index contributed by atoms with van der Waals surface area (Å²) in [4.78, 5) is 15.9. The average molecular weight is 289 g/mol. The van der Waals surface area contributed by atoms with Gasteiger partial charge in [0.15, 0.2) is 0 Å². The third-order valence-electron chi connectivity index (χ3n) is 3.18. The third kappa shape index (κ3) is 3.81. The van der Waals surface area contributed by atoms with Crippen molar-refractivity contribution in [2.24, 2.45) is 0 Å². The number of urea groups is 1. The molecule has 0 aliphatic heterocycles. The Hall–Kier alpha value is -1.88. The first kappa shape index (κ1) is 14.5. The maximum absolute atomic E-state index is 11.8. The molecule has 1 aromatic heterocycles. The van der Waals surface area contributed by atoms with Gasteiger partial charge >= 0.3 is 6.03 Å². The first-order valence-electron chi connectivity index (χ1n) is 6.51. The molecular weight excluding hydrogens is 270 g/mol. The number of carbonyl (C=O) groups excluding carboxylic acids is 1. The molecule has 0 saturated carbocycles. The van der Waals surface area contributed by atoms with E-state index < -0.39 is 0 Å². The quantitative estimate of drug-likeness (QED) is 0.909. The number of aromatic nitrogens is 1. The summed E-state index contributed by atoms with van der Waals surface area (Å²) in [7, 11) is 0. The number of nitrogens with zero attached hydrogens (tertiary/aromatic N) is 1. The van der Waals surface area contributed by atoms with Crippen LogP contribution in [0.4, 0.5) is 4.79 Å². The number of aryl methyl sites for hydroxylation is 3. The minimum Gasteiger partial charge on any atom is -0.334 e. The topological polar surface area (TPSA) is 54.0 Å². The molecule has 4 nitrogen and oxygen atoms in total. The maximum atomic E-state index is 11.8. The standard InChI is InChI=1S/C15H19N3OS/c1-10-4-11(2)14(12(3)5-10)7-17-15(19)16-6-13-8-20-9-18-13/h4-5,8-9H,6-7H2,1-3H3,(H2,16,17,19). The summed E-state index contributed by atoms with van der Waals surface area (Å²) in [5.41, 5.74) is 7.49. The van der Waals surface area contributed by atoms with Crippen LogP contribution in [0.3, 0.4) is 0 Å². The third-order valence-corrected chi connectivity index (χ3v) is 3.81. The van der Waals surface area contributed by atoms with Crippen LogP contribution in [0.5, 0.6) is 0 Å². The van der Waals surface area contributed by atoms with Gasteiger partial charge in [0, 0.05) is 11.9 Å². The molecule has 2 aromatic rings. The maximum Gasteiger partial charge on any atom is 0.315 e. The fourth-order valence-electron chi connectivity index (χ4n) is 2.22.